The summed E-state index contributed by atoms with van der Waals surface area (Å²) in [7, 11) is 0. The second-order valence-corrected chi connectivity index (χ2v) is 2.95. The highest BCUT2D eigenvalue weighted by Gasteiger charge is 2.03. The van der Waals surface area contributed by atoms with Crippen LogP contribution in [0.1, 0.15) is 24.3 Å². The van der Waals surface area contributed by atoms with Gasteiger partial charge in [-0.2, -0.15) is 0 Å². The molecule has 0 bridgehead atoms. The largest absolute Gasteiger partial charge is 0.207 e. The zero-order chi connectivity index (χ0) is 8.27. The van der Waals surface area contributed by atoms with Gasteiger partial charge >= 0.3 is 0 Å². The number of benzene rings is 1. The lowest BCUT2D eigenvalue weighted by Gasteiger charge is -2.04. The SMILES string of the molecule is CC[C@@H](Cl)c1ccc(F)cc1. The third-order valence-electron chi connectivity index (χ3n) is 1.59. The van der Waals surface area contributed by atoms with Gasteiger partial charge in [0, 0.05) is 0 Å². The normalized spacial score (nSPS) is 13.0. The van der Waals surface area contributed by atoms with E-state index in [4.69, 9.17) is 11.6 Å². The molecule has 0 saturated heterocycles. The maximum absolute atomic E-state index is 12.4. The maximum Gasteiger partial charge on any atom is 0.123 e. The van der Waals surface area contributed by atoms with E-state index in [1.54, 1.807) is 12.1 Å². The first kappa shape index (κ1) is 8.54. The predicted molar refractivity (Wildman–Crippen MR) is 45.3 cm³/mol. The maximum atomic E-state index is 12.4. The van der Waals surface area contributed by atoms with E-state index in [0.29, 0.717) is 0 Å². The molecular formula is C9H10ClF. The lowest BCUT2D eigenvalue weighted by Crippen LogP contribution is -1.87. The van der Waals surface area contributed by atoms with Crippen LogP contribution in [0.15, 0.2) is 24.3 Å². The Morgan fingerprint density at radius 2 is 1.91 bits per heavy atom. The van der Waals surface area contributed by atoms with Crippen molar-refractivity contribution in [2.45, 2.75) is 18.7 Å². The van der Waals surface area contributed by atoms with Crippen LogP contribution in [0.2, 0.25) is 0 Å². The van der Waals surface area contributed by atoms with Crippen molar-refractivity contribution in [3.05, 3.63) is 35.6 Å². The van der Waals surface area contributed by atoms with E-state index in [-0.39, 0.29) is 11.2 Å². The van der Waals surface area contributed by atoms with E-state index in [9.17, 15) is 4.39 Å². The Morgan fingerprint density at radius 3 is 2.36 bits per heavy atom. The Labute approximate surface area is 71.0 Å². The molecule has 2 heteroatoms. The number of halogens is 2. The van der Waals surface area contributed by atoms with Gasteiger partial charge in [-0.3, -0.25) is 0 Å². The first-order valence-corrected chi connectivity index (χ1v) is 4.07. The molecule has 1 rings (SSSR count). The molecule has 0 radical (unpaired) electrons. The van der Waals surface area contributed by atoms with Crippen LogP contribution < -0.4 is 0 Å². The minimum Gasteiger partial charge on any atom is -0.207 e. The van der Waals surface area contributed by atoms with Crippen molar-refractivity contribution in [2.75, 3.05) is 0 Å². The summed E-state index contributed by atoms with van der Waals surface area (Å²) in [6, 6.07) is 6.30. The average molecular weight is 173 g/mol. The van der Waals surface area contributed by atoms with Crippen molar-refractivity contribution >= 4 is 11.6 Å². The molecule has 0 heterocycles. The molecule has 0 unspecified atom stereocenters. The van der Waals surface area contributed by atoms with Crippen molar-refractivity contribution in [1.29, 1.82) is 0 Å². The quantitative estimate of drug-likeness (QED) is 0.599. The monoisotopic (exact) mass is 172 g/mol. The summed E-state index contributed by atoms with van der Waals surface area (Å²) < 4.78 is 12.4. The van der Waals surface area contributed by atoms with Crippen LogP contribution in [0, 0.1) is 5.82 Å². The first-order valence-electron chi connectivity index (χ1n) is 3.63. The van der Waals surface area contributed by atoms with E-state index < -0.39 is 0 Å². The van der Waals surface area contributed by atoms with Gasteiger partial charge in [0.05, 0.1) is 5.38 Å². The summed E-state index contributed by atoms with van der Waals surface area (Å²) in [5, 5.41) is 0.00981. The second kappa shape index (κ2) is 3.72. The van der Waals surface area contributed by atoms with Crippen molar-refractivity contribution in [3.8, 4) is 0 Å². The zero-order valence-electron chi connectivity index (χ0n) is 6.35. The Kier molecular flexibility index (Phi) is 2.89. The van der Waals surface area contributed by atoms with Crippen LogP contribution in [-0.2, 0) is 0 Å². The summed E-state index contributed by atoms with van der Waals surface area (Å²) in [5.74, 6) is -0.214. The van der Waals surface area contributed by atoms with Crippen molar-refractivity contribution < 1.29 is 4.39 Å². The summed E-state index contributed by atoms with van der Waals surface area (Å²) in [5.41, 5.74) is 0.982. The van der Waals surface area contributed by atoms with E-state index in [1.807, 2.05) is 6.92 Å². The van der Waals surface area contributed by atoms with Gasteiger partial charge in [-0.1, -0.05) is 19.1 Å². The van der Waals surface area contributed by atoms with Crippen molar-refractivity contribution in [1.82, 2.24) is 0 Å². The van der Waals surface area contributed by atoms with Crippen LogP contribution in [0.4, 0.5) is 4.39 Å². The Balaban J connectivity index is 2.81. The summed E-state index contributed by atoms with van der Waals surface area (Å²) in [4.78, 5) is 0. The molecule has 0 saturated carbocycles. The standard InChI is InChI=1S/C9H10ClF/c1-2-9(10)7-3-5-8(11)6-4-7/h3-6,9H,2H2,1H3/t9-/m1/s1. The highest BCUT2D eigenvalue weighted by atomic mass is 35.5. The third-order valence-corrected chi connectivity index (χ3v) is 2.15. The molecule has 0 spiro atoms. The van der Waals surface area contributed by atoms with Gasteiger partial charge in [-0.15, -0.1) is 11.6 Å². The Bertz CT molecular complexity index is 218. The topological polar surface area (TPSA) is 0 Å². The number of hydrogen-bond donors (Lipinski definition) is 0. The molecule has 0 aromatic heterocycles. The first-order chi connectivity index (χ1) is 5.24. The molecule has 0 nitrogen and oxygen atoms in total. The van der Waals surface area contributed by atoms with Crippen LogP contribution in [0.5, 0.6) is 0 Å². The lowest BCUT2D eigenvalue weighted by molar-refractivity contribution is 0.626. The fourth-order valence-electron chi connectivity index (χ4n) is 0.907. The van der Waals surface area contributed by atoms with Gasteiger partial charge in [0.1, 0.15) is 5.82 Å². The number of rotatable bonds is 2. The molecular weight excluding hydrogens is 163 g/mol. The highest BCUT2D eigenvalue weighted by Crippen LogP contribution is 2.23. The zero-order valence-corrected chi connectivity index (χ0v) is 7.11. The Morgan fingerprint density at radius 1 is 1.36 bits per heavy atom. The number of hydrogen-bond acceptors (Lipinski definition) is 0. The molecule has 11 heavy (non-hydrogen) atoms. The summed E-state index contributed by atoms with van der Waals surface area (Å²) in [6.07, 6.45) is 0.868. The van der Waals surface area contributed by atoms with E-state index in [0.717, 1.165) is 12.0 Å². The fourth-order valence-corrected chi connectivity index (χ4v) is 1.05. The summed E-state index contributed by atoms with van der Waals surface area (Å²) in [6.45, 7) is 2.00. The van der Waals surface area contributed by atoms with Crippen molar-refractivity contribution in [3.63, 3.8) is 0 Å². The van der Waals surface area contributed by atoms with Crippen LogP contribution in [0.3, 0.4) is 0 Å². The van der Waals surface area contributed by atoms with Gasteiger partial charge in [0.2, 0.25) is 0 Å². The Hall–Kier alpha value is -0.560. The minimum absolute atomic E-state index is 0.00981. The molecule has 0 aliphatic heterocycles. The molecule has 0 aliphatic carbocycles. The van der Waals surface area contributed by atoms with E-state index in [1.165, 1.54) is 12.1 Å². The molecule has 0 fully saturated rings. The number of alkyl halides is 1. The lowest BCUT2D eigenvalue weighted by atomic mass is 10.1. The van der Waals surface area contributed by atoms with Crippen LogP contribution >= 0.6 is 11.6 Å². The van der Waals surface area contributed by atoms with E-state index in [2.05, 4.69) is 0 Å². The third kappa shape index (κ3) is 2.19. The molecule has 0 N–H and O–H groups in total. The molecule has 1 aromatic carbocycles. The molecule has 1 aromatic rings. The van der Waals surface area contributed by atoms with Crippen LogP contribution in [-0.4, -0.2) is 0 Å². The predicted octanol–water partition coefficient (Wildman–Crippen LogP) is 3.52. The van der Waals surface area contributed by atoms with Crippen LogP contribution in [0.25, 0.3) is 0 Å². The van der Waals surface area contributed by atoms with E-state index >= 15 is 0 Å². The van der Waals surface area contributed by atoms with Crippen molar-refractivity contribution in [2.24, 2.45) is 0 Å². The van der Waals surface area contributed by atoms with Gasteiger partial charge < -0.3 is 0 Å². The molecule has 0 amide bonds. The minimum atomic E-state index is -0.214. The summed E-state index contributed by atoms with van der Waals surface area (Å²) >= 11 is 5.92. The van der Waals surface area contributed by atoms with Gasteiger partial charge in [0.25, 0.3) is 0 Å². The molecule has 60 valence electrons. The molecule has 1 atom stereocenters. The van der Waals surface area contributed by atoms with Gasteiger partial charge in [-0.05, 0) is 24.1 Å². The second-order valence-electron chi connectivity index (χ2n) is 2.43. The highest BCUT2D eigenvalue weighted by molar-refractivity contribution is 6.20. The smallest absolute Gasteiger partial charge is 0.123 e. The van der Waals surface area contributed by atoms with Gasteiger partial charge in [0.15, 0.2) is 0 Å². The van der Waals surface area contributed by atoms with Gasteiger partial charge in [-0.25, -0.2) is 4.39 Å². The average Bonchev–Trinajstić information content (AvgIpc) is 2.05. The molecule has 0 aliphatic rings. The fraction of sp³-hybridized carbons (Fsp3) is 0.333.